The quantitative estimate of drug-likeness (QED) is 0.0535. The smallest absolute Gasteiger partial charge is 0.245 e. The third kappa shape index (κ3) is 7.71. The van der Waals surface area contributed by atoms with Crippen LogP contribution in [0.4, 0.5) is 0 Å². The van der Waals surface area contributed by atoms with Crippen molar-refractivity contribution in [3.05, 3.63) is 127 Å². The average Bonchev–Trinajstić information content (AvgIpc) is 3.26. The SMILES string of the molecule is C=CCOC12Oc3ccc(Oc4ccc5ccccc5c4)cc3C3C(CCCCO)C(CCCCO)C=C(C(=NOC)CC1N(C)S(=O)(=O)c1cccc4cccnc14)C32. The Labute approximate surface area is 352 Å². The number of hydrogen-bond donors (Lipinski definition) is 2. The van der Waals surface area contributed by atoms with Gasteiger partial charge in [-0.1, -0.05) is 78.7 Å². The van der Waals surface area contributed by atoms with Gasteiger partial charge in [-0.15, -0.1) is 6.58 Å². The van der Waals surface area contributed by atoms with Crippen LogP contribution in [0.2, 0.25) is 0 Å². The maximum Gasteiger partial charge on any atom is 0.245 e. The zero-order valence-corrected chi connectivity index (χ0v) is 35.0. The monoisotopic (exact) mass is 831 g/mol. The van der Waals surface area contributed by atoms with Gasteiger partial charge in [-0.25, -0.2) is 8.42 Å². The van der Waals surface area contributed by atoms with E-state index in [0.717, 1.165) is 47.6 Å². The fourth-order valence-electron chi connectivity index (χ4n) is 9.85. The number of aromatic nitrogens is 1. The number of sulfonamides is 1. The lowest BCUT2D eigenvalue weighted by Crippen LogP contribution is -2.69. The Morgan fingerprint density at radius 1 is 0.917 bits per heavy atom. The number of allylic oxidation sites excluding steroid dienone is 1. The number of nitrogens with zero attached hydrogens (tertiary/aromatic N) is 3. The number of oxime groups is 1. The lowest BCUT2D eigenvalue weighted by atomic mass is 9.55. The van der Waals surface area contributed by atoms with Crippen molar-refractivity contribution in [3.8, 4) is 17.2 Å². The summed E-state index contributed by atoms with van der Waals surface area (Å²) in [6, 6.07) is 27.9. The molecule has 6 atom stereocenters. The Bertz CT molecular complexity index is 2520. The molecular formula is C48H53N3O8S. The number of aliphatic hydroxyl groups excluding tert-OH is 2. The maximum absolute atomic E-state index is 15.0. The second kappa shape index (κ2) is 17.9. The van der Waals surface area contributed by atoms with Crippen molar-refractivity contribution in [2.45, 2.75) is 67.6 Å². The third-order valence-electron chi connectivity index (χ3n) is 12.5. The molecule has 3 aliphatic rings. The van der Waals surface area contributed by atoms with Crippen LogP contribution in [0.5, 0.6) is 17.2 Å². The maximum atomic E-state index is 15.0. The van der Waals surface area contributed by atoms with E-state index in [-0.39, 0.29) is 48.9 Å². The van der Waals surface area contributed by atoms with Gasteiger partial charge >= 0.3 is 0 Å². The number of likely N-dealkylation sites (N-methyl/N-ethyl adjacent to an activating group) is 1. The molecule has 2 heterocycles. The first-order valence-electron chi connectivity index (χ1n) is 20.8. The number of hydrogen-bond acceptors (Lipinski definition) is 10. The summed E-state index contributed by atoms with van der Waals surface area (Å²) in [5.41, 5.74) is 2.79. The Morgan fingerprint density at radius 3 is 2.43 bits per heavy atom. The third-order valence-corrected chi connectivity index (χ3v) is 14.4. The van der Waals surface area contributed by atoms with Crippen LogP contribution in [-0.2, 0) is 19.6 Å². The van der Waals surface area contributed by atoms with Crippen LogP contribution >= 0.6 is 0 Å². The van der Waals surface area contributed by atoms with Crippen LogP contribution in [0.25, 0.3) is 21.7 Å². The van der Waals surface area contributed by atoms with Crippen molar-refractivity contribution in [2.75, 3.05) is 34.0 Å². The Kier molecular flexibility index (Phi) is 12.4. The largest absolute Gasteiger partial charge is 0.460 e. The Hall–Kier alpha value is -5.11. The summed E-state index contributed by atoms with van der Waals surface area (Å²) in [6.07, 6.45) is 10.1. The molecule has 12 heteroatoms. The molecule has 314 valence electrons. The van der Waals surface area contributed by atoms with Crippen molar-refractivity contribution >= 4 is 37.4 Å². The van der Waals surface area contributed by atoms with Gasteiger partial charge < -0.3 is 29.3 Å². The van der Waals surface area contributed by atoms with Gasteiger partial charge in [-0.2, -0.15) is 4.31 Å². The van der Waals surface area contributed by atoms with Crippen molar-refractivity contribution < 1.29 is 37.7 Å². The predicted molar refractivity (Wildman–Crippen MR) is 233 cm³/mol. The van der Waals surface area contributed by atoms with E-state index in [2.05, 4.69) is 41.0 Å². The van der Waals surface area contributed by atoms with Gasteiger partial charge in [0.05, 0.1) is 29.8 Å². The van der Waals surface area contributed by atoms with E-state index in [1.165, 1.54) is 11.4 Å². The van der Waals surface area contributed by atoms with E-state index >= 15 is 8.42 Å². The summed E-state index contributed by atoms with van der Waals surface area (Å²) in [4.78, 5) is 10.1. The van der Waals surface area contributed by atoms with Gasteiger partial charge in [0.25, 0.3) is 0 Å². The van der Waals surface area contributed by atoms with Gasteiger partial charge in [0.1, 0.15) is 29.3 Å². The fourth-order valence-corrected chi connectivity index (χ4v) is 11.4. The molecule has 11 nitrogen and oxygen atoms in total. The van der Waals surface area contributed by atoms with Gasteiger partial charge in [0, 0.05) is 49.7 Å². The molecule has 1 saturated carbocycles. The number of pyridine rings is 1. The van der Waals surface area contributed by atoms with Crippen molar-refractivity contribution in [2.24, 2.45) is 22.9 Å². The van der Waals surface area contributed by atoms with E-state index < -0.39 is 27.8 Å². The van der Waals surface area contributed by atoms with E-state index in [9.17, 15) is 10.2 Å². The molecule has 2 aliphatic carbocycles. The highest BCUT2D eigenvalue weighted by atomic mass is 32.2. The highest BCUT2D eigenvalue weighted by Gasteiger charge is 2.65. The number of para-hydroxylation sites is 1. The number of aliphatic hydroxyl groups is 2. The molecule has 1 aromatic heterocycles. The lowest BCUT2D eigenvalue weighted by Gasteiger charge is -2.59. The van der Waals surface area contributed by atoms with Crippen LogP contribution in [0.1, 0.15) is 56.4 Å². The summed E-state index contributed by atoms with van der Waals surface area (Å²) in [6.45, 7) is 4.25. The van der Waals surface area contributed by atoms with Crippen LogP contribution in [0, 0.1) is 17.8 Å². The van der Waals surface area contributed by atoms with Crippen molar-refractivity contribution in [3.63, 3.8) is 0 Å². The summed E-state index contributed by atoms with van der Waals surface area (Å²) in [5.74, 6) is -0.388. The molecule has 8 rings (SSSR count). The van der Waals surface area contributed by atoms with Crippen molar-refractivity contribution in [1.82, 2.24) is 9.29 Å². The molecule has 1 aliphatic heterocycles. The highest BCUT2D eigenvalue weighted by molar-refractivity contribution is 7.89. The summed E-state index contributed by atoms with van der Waals surface area (Å²) < 4.78 is 52.3. The average molecular weight is 832 g/mol. The van der Waals surface area contributed by atoms with Gasteiger partial charge in [0.2, 0.25) is 15.8 Å². The first-order chi connectivity index (χ1) is 29.2. The van der Waals surface area contributed by atoms with Crippen LogP contribution < -0.4 is 9.47 Å². The first kappa shape index (κ1) is 41.6. The molecule has 1 fully saturated rings. The number of unbranched alkanes of at least 4 members (excludes halogenated alkanes) is 2. The Morgan fingerprint density at radius 2 is 1.65 bits per heavy atom. The molecule has 0 radical (unpaired) electrons. The molecule has 5 aromatic rings. The molecule has 2 N–H and O–H groups in total. The van der Waals surface area contributed by atoms with Gasteiger partial charge in [0.15, 0.2) is 0 Å². The number of rotatable bonds is 17. The van der Waals surface area contributed by atoms with Crippen molar-refractivity contribution in [1.29, 1.82) is 0 Å². The first-order valence-corrected chi connectivity index (χ1v) is 22.3. The molecular weight excluding hydrogens is 779 g/mol. The number of fused-ring (bicyclic) bond motifs is 4. The fraction of sp³-hybridized carbons (Fsp3) is 0.375. The van der Waals surface area contributed by atoms with Gasteiger partial charge in [-0.3, -0.25) is 4.98 Å². The van der Waals surface area contributed by atoms with E-state index in [1.54, 1.807) is 37.5 Å². The minimum Gasteiger partial charge on any atom is -0.460 e. The molecule has 4 aromatic carbocycles. The second-order valence-electron chi connectivity index (χ2n) is 15.9. The zero-order chi connectivity index (χ0) is 41.9. The predicted octanol–water partition coefficient (Wildman–Crippen LogP) is 8.76. The molecule has 0 spiro atoms. The highest BCUT2D eigenvalue weighted by Crippen LogP contribution is 2.62. The number of ether oxygens (including phenoxy) is 3. The summed E-state index contributed by atoms with van der Waals surface area (Å²) in [7, 11) is -1.16. The molecule has 0 amide bonds. The Balaban J connectivity index is 1.32. The minimum absolute atomic E-state index is 0.0148. The van der Waals surface area contributed by atoms with E-state index in [0.29, 0.717) is 46.7 Å². The second-order valence-corrected chi connectivity index (χ2v) is 17.9. The van der Waals surface area contributed by atoms with E-state index in [4.69, 9.17) is 19.0 Å². The summed E-state index contributed by atoms with van der Waals surface area (Å²) in [5, 5.41) is 27.3. The molecule has 0 saturated heterocycles. The molecule has 6 unspecified atom stereocenters. The van der Waals surface area contributed by atoms with Crippen LogP contribution in [0.15, 0.2) is 132 Å². The van der Waals surface area contributed by atoms with Gasteiger partial charge in [-0.05, 0) is 96.3 Å². The minimum atomic E-state index is -4.23. The topological polar surface area (TPSA) is 140 Å². The number of benzene rings is 4. The van der Waals surface area contributed by atoms with Crippen LogP contribution in [0.3, 0.4) is 0 Å². The van der Waals surface area contributed by atoms with E-state index in [1.807, 2.05) is 54.6 Å². The van der Waals surface area contributed by atoms with Crippen LogP contribution in [-0.4, -0.2) is 79.4 Å². The standard InChI is InChI=1S/C48H53N3O8S/c1-4-27-57-48-44(51(2)60(54,55)43-19-11-16-33-17-12-24-49-47(33)43)31-41(50-56-3)39-29-35(15-7-9-25-52)38(18-8-10-26-53)45(46(39)48)40-30-37(22-23-42(40)59-48)58-36-21-20-32-13-5-6-14-34(32)28-36/h4-6,11-14,16-17,19-24,28-30,35,38,44-46,52-53H,1,7-10,15,18,25-27,31H2,2-3H3. The zero-order valence-electron chi connectivity index (χ0n) is 34.2. The lowest BCUT2D eigenvalue weighted by molar-refractivity contribution is -0.250. The normalized spacial score (nSPS) is 24.1. The molecule has 0 bridgehead atoms. The summed E-state index contributed by atoms with van der Waals surface area (Å²) >= 11 is 0. The molecule has 60 heavy (non-hydrogen) atoms.